The molecule has 0 aliphatic carbocycles. The van der Waals surface area contributed by atoms with E-state index in [0.717, 1.165) is 0 Å². The maximum atomic E-state index is 12.6. The number of benzene rings is 2. The number of nitrogens with one attached hydrogen (secondary N) is 1. The molecule has 0 aliphatic heterocycles. The first-order chi connectivity index (χ1) is 12.0. The fraction of sp³-hybridized carbons (Fsp3) is 0.235. The van der Waals surface area contributed by atoms with Crippen LogP contribution in [0, 0.1) is 0 Å². The van der Waals surface area contributed by atoms with E-state index < -0.39 is 15.9 Å². The van der Waals surface area contributed by atoms with Crippen LogP contribution < -0.4 is 5.32 Å². The van der Waals surface area contributed by atoms with Crippen molar-refractivity contribution in [2.24, 2.45) is 0 Å². The summed E-state index contributed by atoms with van der Waals surface area (Å²) >= 11 is 17.9. The van der Waals surface area contributed by atoms with Gasteiger partial charge in [-0.15, -0.1) is 0 Å². The van der Waals surface area contributed by atoms with Crippen molar-refractivity contribution < 1.29 is 13.2 Å². The second-order valence-electron chi connectivity index (χ2n) is 5.87. The first-order valence-corrected chi connectivity index (χ1v) is 10.1. The van der Waals surface area contributed by atoms with Crippen molar-refractivity contribution in [1.82, 2.24) is 4.31 Å². The molecule has 0 unspecified atom stereocenters. The van der Waals surface area contributed by atoms with Crippen LogP contribution in [0.2, 0.25) is 15.1 Å². The summed E-state index contributed by atoms with van der Waals surface area (Å²) in [6.45, 7) is 3.51. The molecular weight excluding hydrogens is 419 g/mol. The SMILES string of the molecule is CC(C)N(C)S(=O)(=O)c1ccc(Cl)c(C(=O)Nc2cc(Cl)cc(Cl)c2)c1. The van der Waals surface area contributed by atoms with Gasteiger partial charge in [0, 0.05) is 28.8 Å². The minimum atomic E-state index is -3.74. The smallest absolute Gasteiger partial charge is 0.257 e. The number of nitrogens with zero attached hydrogens (tertiary/aromatic N) is 1. The van der Waals surface area contributed by atoms with Crippen LogP contribution in [0.3, 0.4) is 0 Å². The first kappa shape index (κ1) is 21.0. The van der Waals surface area contributed by atoms with Crippen molar-refractivity contribution in [3.63, 3.8) is 0 Å². The van der Waals surface area contributed by atoms with E-state index in [9.17, 15) is 13.2 Å². The summed E-state index contributed by atoms with van der Waals surface area (Å²) in [4.78, 5) is 12.5. The van der Waals surface area contributed by atoms with E-state index in [1.807, 2.05) is 0 Å². The molecule has 2 aromatic carbocycles. The summed E-state index contributed by atoms with van der Waals surface area (Å²) in [7, 11) is -2.27. The van der Waals surface area contributed by atoms with E-state index >= 15 is 0 Å². The van der Waals surface area contributed by atoms with Gasteiger partial charge in [0.2, 0.25) is 10.0 Å². The van der Waals surface area contributed by atoms with Gasteiger partial charge in [0.05, 0.1) is 15.5 Å². The maximum absolute atomic E-state index is 12.6. The van der Waals surface area contributed by atoms with E-state index in [-0.39, 0.29) is 21.5 Å². The highest BCUT2D eigenvalue weighted by atomic mass is 35.5. The Morgan fingerprint density at radius 3 is 2.15 bits per heavy atom. The lowest BCUT2D eigenvalue weighted by molar-refractivity contribution is 0.102. The zero-order valence-electron chi connectivity index (χ0n) is 14.3. The van der Waals surface area contributed by atoms with Crippen molar-refractivity contribution in [3.8, 4) is 0 Å². The van der Waals surface area contributed by atoms with Gasteiger partial charge in [-0.1, -0.05) is 34.8 Å². The molecule has 1 N–H and O–H groups in total. The molecule has 0 bridgehead atoms. The molecule has 140 valence electrons. The normalized spacial score (nSPS) is 11.8. The molecule has 0 heterocycles. The van der Waals surface area contributed by atoms with Gasteiger partial charge in [-0.05, 0) is 50.2 Å². The lowest BCUT2D eigenvalue weighted by atomic mass is 10.2. The zero-order valence-corrected chi connectivity index (χ0v) is 17.3. The highest BCUT2D eigenvalue weighted by Crippen LogP contribution is 2.26. The summed E-state index contributed by atoms with van der Waals surface area (Å²) in [5.41, 5.74) is 0.400. The third-order valence-corrected chi connectivity index (χ3v) is 6.50. The predicted molar refractivity (Wildman–Crippen MR) is 106 cm³/mol. The van der Waals surface area contributed by atoms with Gasteiger partial charge in [-0.2, -0.15) is 4.31 Å². The minimum absolute atomic E-state index is 0.0209. The number of rotatable bonds is 5. The molecule has 0 aromatic heterocycles. The fourth-order valence-electron chi connectivity index (χ4n) is 2.11. The Balaban J connectivity index is 2.39. The van der Waals surface area contributed by atoms with Crippen LogP contribution in [0.4, 0.5) is 5.69 Å². The van der Waals surface area contributed by atoms with E-state index in [1.165, 1.54) is 47.8 Å². The van der Waals surface area contributed by atoms with Crippen molar-refractivity contribution in [2.45, 2.75) is 24.8 Å². The third-order valence-electron chi connectivity index (χ3n) is 3.71. The summed E-state index contributed by atoms with van der Waals surface area (Å²) in [5.74, 6) is -0.572. The Morgan fingerprint density at radius 2 is 1.62 bits per heavy atom. The summed E-state index contributed by atoms with van der Waals surface area (Å²) in [6, 6.07) is 8.32. The highest BCUT2D eigenvalue weighted by Gasteiger charge is 2.25. The number of halogens is 3. The second kappa shape index (κ2) is 8.15. The van der Waals surface area contributed by atoms with Crippen molar-refractivity contribution in [2.75, 3.05) is 12.4 Å². The number of amides is 1. The molecule has 0 fully saturated rings. The van der Waals surface area contributed by atoms with E-state index in [4.69, 9.17) is 34.8 Å². The highest BCUT2D eigenvalue weighted by molar-refractivity contribution is 7.89. The second-order valence-corrected chi connectivity index (χ2v) is 9.15. The monoisotopic (exact) mass is 434 g/mol. The van der Waals surface area contributed by atoms with Crippen molar-refractivity contribution in [3.05, 3.63) is 57.0 Å². The largest absolute Gasteiger partial charge is 0.322 e. The van der Waals surface area contributed by atoms with Gasteiger partial charge in [0.1, 0.15) is 0 Å². The molecule has 5 nitrogen and oxygen atoms in total. The zero-order chi connectivity index (χ0) is 19.6. The standard InChI is InChI=1S/C17H17Cl3N2O3S/c1-10(2)22(3)26(24,25)14-4-5-16(20)15(9-14)17(23)21-13-7-11(18)6-12(19)8-13/h4-10H,1-3H3,(H,21,23). The number of carbonyl (C=O) groups excluding carboxylic acids is 1. The average Bonchev–Trinajstić information content (AvgIpc) is 2.52. The summed E-state index contributed by atoms with van der Waals surface area (Å²) < 4.78 is 26.5. The van der Waals surface area contributed by atoms with Gasteiger partial charge in [-0.3, -0.25) is 4.79 Å². The van der Waals surface area contributed by atoms with Crippen LogP contribution in [-0.4, -0.2) is 31.7 Å². The van der Waals surface area contributed by atoms with Gasteiger partial charge in [0.25, 0.3) is 5.91 Å². The lowest BCUT2D eigenvalue weighted by Gasteiger charge is -2.21. The Morgan fingerprint density at radius 1 is 1.04 bits per heavy atom. The van der Waals surface area contributed by atoms with Crippen LogP contribution in [0.15, 0.2) is 41.3 Å². The maximum Gasteiger partial charge on any atom is 0.257 e. The number of carbonyl (C=O) groups is 1. The molecule has 0 saturated carbocycles. The van der Waals surface area contributed by atoms with E-state index in [0.29, 0.717) is 15.7 Å². The average molecular weight is 436 g/mol. The molecule has 0 aliphatic rings. The number of hydrogen-bond donors (Lipinski definition) is 1. The van der Waals surface area contributed by atoms with Gasteiger partial charge in [-0.25, -0.2) is 8.42 Å². The molecule has 2 aromatic rings. The van der Waals surface area contributed by atoms with Crippen LogP contribution in [0.1, 0.15) is 24.2 Å². The molecule has 1 amide bonds. The number of anilines is 1. The van der Waals surface area contributed by atoms with Gasteiger partial charge in [0.15, 0.2) is 0 Å². The number of sulfonamides is 1. The summed E-state index contributed by atoms with van der Waals surface area (Å²) in [5, 5.41) is 3.45. The molecule has 0 atom stereocenters. The van der Waals surface area contributed by atoms with Crippen LogP contribution >= 0.6 is 34.8 Å². The Hall–Kier alpha value is -1.31. The first-order valence-electron chi connectivity index (χ1n) is 7.57. The Labute approximate surface area is 167 Å². The van der Waals surface area contributed by atoms with Gasteiger partial charge >= 0.3 is 0 Å². The van der Waals surface area contributed by atoms with Crippen LogP contribution in [-0.2, 0) is 10.0 Å². The van der Waals surface area contributed by atoms with E-state index in [1.54, 1.807) is 13.8 Å². The van der Waals surface area contributed by atoms with Crippen molar-refractivity contribution in [1.29, 1.82) is 0 Å². The van der Waals surface area contributed by atoms with Crippen LogP contribution in [0.5, 0.6) is 0 Å². The quantitative estimate of drug-likeness (QED) is 0.724. The Bertz CT molecular complexity index is 926. The topological polar surface area (TPSA) is 66.5 Å². The predicted octanol–water partition coefficient (Wildman–Crippen LogP) is 4.93. The molecule has 2 rings (SSSR count). The number of hydrogen-bond acceptors (Lipinski definition) is 3. The Kier molecular flexibility index (Phi) is 6.58. The fourth-order valence-corrected chi connectivity index (χ4v) is 4.23. The van der Waals surface area contributed by atoms with Crippen molar-refractivity contribution >= 4 is 56.4 Å². The molecule has 0 saturated heterocycles. The minimum Gasteiger partial charge on any atom is -0.322 e. The van der Waals surface area contributed by atoms with Crippen LogP contribution in [0.25, 0.3) is 0 Å². The third kappa shape index (κ3) is 4.69. The lowest BCUT2D eigenvalue weighted by Crippen LogP contribution is -2.33. The van der Waals surface area contributed by atoms with E-state index in [2.05, 4.69) is 5.32 Å². The molecule has 0 spiro atoms. The molecular formula is C17H17Cl3N2O3S. The molecule has 9 heteroatoms. The molecule has 26 heavy (non-hydrogen) atoms. The van der Waals surface area contributed by atoms with Gasteiger partial charge < -0.3 is 5.32 Å². The molecule has 0 radical (unpaired) electrons. The summed E-state index contributed by atoms with van der Waals surface area (Å²) in [6.07, 6.45) is 0.